The highest BCUT2D eigenvalue weighted by Crippen LogP contribution is 2.22. The van der Waals surface area contributed by atoms with Crippen molar-refractivity contribution in [2.45, 2.75) is 63.8 Å². The van der Waals surface area contributed by atoms with Gasteiger partial charge in [-0.25, -0.2) is 0 Å². The van der Waals surface area contributed by atoms with E-state index in [2.05, 4.69) is 6.58 Å². The number of aliphatic hydroxyl groups excluding tert-OH is 2. The minimum atomic E-state index is -0.752. The molecule has 1 aliphatic rings. The van der Waals surface area contributed by atoms with E-state index in [1.807, 2.05) is 13.0 Å². The molecule has 5 atom stereocenters. The van der Waals surface area contributed by atoms with E-state index >= 15 is 0 Å². The third kappa shape index (κ3) is 3.87. The second-order valence-electron chi connectivity index (χ2n) is 4.39. The van der Waals surface area contributed by atoms with Crippen molar-refractivity contribution in [3.63, 3.8) is 0 Å². The number of allylic oxidation sites excluding steroid dienone is 1. The molecule has 0 spiro atoms. The van der Waals surface area contributed by atoms with E-state index in [0.29, 0.717) is 6.42 Å². The summed E-state index contributed by atoms with van der Waals surface area (Å²) >= 11 is 0. The zero-order valence-electron chi connectivity index (χ0n) is 10.0. The maximum atomic E-state index is 9.70. The smallest absolute Gasteiger partial charge is 0.184 e. The van der Waals surface area contributed by atoms with Crippen LogP contribution >= 0.6 is 0 Å². The average molecular weight is 230 g/mol. The number of ether oxygens (including phenoxy) is 2. The van der Waals surface area contributed by atoms with Gasteiger partial charge in [0.05, 0.1) is 18.3 Å². The van der Waals surface area contributed by atoms with E-state index in [1.54, 1.807) is 6.92 Å². The Labute approximate surface area is 96.9 Å². The molecule has 0 radical (unpaired) electrons. The van der Waals surface area contributed by atoms with Crippen LogP contribution in [0.1, 0.15) is 33.1 Å². The molecule has 0 bridgehead atoms. The summed E-state index contributed by atoms with van der Waals surface area (Å²) in [5.41, 5.74) is 0. The fourth-order valence-electron chi connectivity index (χ4n) is 1.72. The topological polar surface area (TPSA) is 58.9 Å². The summed E-state index contributed by atoms with van der Waals surface area (Å²) in [5.74, 6) is 0. The van der Waals surface area contributed by atoms with Gasteiger partial charge in [0, 0.05) is 6.42 Å². The molecule has 0 saturated carbocycles. The van der Waals surface area contributed by atoms with Crippen LogP contribution in [0.5, 0.6) is 0 Å². The fraction of sp³-hybridized carbons (Fsp3) is 0.833. The van der Waals surface area contributed by atoms with E-state index in [-0.39, 0.29) is 12.2 Å². The van der Waals surface area contributed by atoms with Crippen LogP contribution in [0.15, 0.2) is 12.7 Å². The van der Waals surface area contributed by atoms with Crippen molar-refractivity contribution in [1.82, 2.24) is 0 Å². The summed E-state index contributed by atoms with van der Waals surface area (Å²) < 4.78 is 11.0. The lowest BCUT2D eigenvalue weighted by Crippen LogP contribution is -2.48. The molecule has 0 aromatic rings. The minimum Gasteiger partial charge on any atom is -0.390 e. The van der Waals surface area contributed by atoms with Crippen molar-refractivity contribution in [2.24, 2.45) is 0 Å². The predicted molar refractivity (Wildman–Crippen MR) is 60.9 cm³/mol. The van der Waals surface area contributed by atoms with Gasteiger partial charge >= 0.3 is 0 Å². The van der Waals surface area contributed by atoms with Gasteiger partial charge in [0.25, 0.3) is 0 Å². The Hall–Kier alpha value is -0.420. The molecule has 4 heteroatoms. The van der Waals surface area contributed by atoms with E-state index < -0.39 is 18.5 Å². The monoisotopic (exact) mass is 230 g/mol. The molecule has 1 saturated heterocycles. The van der Waals surface area contributed by atoms with E-state index in [0.717, 1.165) is 12.8 Å². The quantitative estimate of drug-likeness (QED) is 0.697. The predicted octanol–water partition coefficient (Wildman–Crippen LogP) is 1.21. The summed E-state index contributed by atoms with van der Waals surface area (Å²) in [5, 5.41) is 19.2. The van der Waals surface area contributed by atoms with Crippen molar-refractivity contribution >= 4 is 0 Å². The Morgan fingerprint density at radius 2 is 2.19 bits per heavy atom. The van der Waals surface area contributed by atoms with Crippen LogP contribution < -0.4 is 0 Å². The second-order valence-corrected chi connectivity index (χ2v) is 4.39. The second kappa shape index (κ2) is 6.35. The molecule has 1 rings (SSSR count). The number of hydrogen-bond acceptors (Lipinski definition) is 4. The van der Waals surface area contributed by atoms with Gasteiger partial charge in [-0.2, -0.15) is 0 Å². The zero-order valence-corrected chi connectivity index (χ0v) is 10.0. The maximum Gasteiger partial charge on any atom is 0.184 e. The molecule has 0 amide bonds. The van der Waals surface area contributed by atoms with Crippen LogP contribution in [-0.2, 0) is 9.47 Å². The summed E-state index contributed by atoms with van der Waals surface area (Å²) in [6.45, 7) is 7.37. The molecule has 1 fully saturated rings. The van der Waals surface area contributed by atoms with Crippen LogP contribution in [0, 0.1) is 0 Å². The van der Waals surface area contributed by atoms with Gasteiger partial charge in [-0.3, -0.25) is 0 Å². The molecule has 0 unspecified atom stereocenters. The molecule has 16 heavy (non-hydrogen) atoms. The minimum absolute atomic E-state index is 0.0140. The van der Waals surface area contributed by atoms with Crippen LogP contribution in [0.2, 0.25) is 0 Å². The molecule has 1 heterocycles. The lowest BCUT2D eigenvalue weighted by molar-refractivity contribution is -0.273. The van der Waals surface area contributed by atoms with Crippen molar-refractivity contribution in [1.29, 1.82) is 0 Å². The highest BCUT2D eigenvalue weighted by atomic mass is 16.7. The summed E-state index contributed by atoms with van der Waals surface area (Å²) in [6, 6.07) is 0. The fourth-order valence-corrected chi connectivity index (χ4v) is 1.72. The highest BCUT2D eigenvalue weighted by molar-refractivity contribution is 4.79. The van der Waals surface area contributed by atoms with Crippen LogP contribution in [-0.4, -0.2) is 40.9 Å². The molecule has 1 aliphatic heterocycles. The highest BCUT2D eigenvalue weighted by Gasteiger charge is 2.35. The van der Waals surface area contributed by atoms with Crippen LogP contribution in [0.3, 0.4) is 0 Å². The molecule has 0 aromatic heterocycles. The number of aliphatic hydroxyl groups is 2. The first kappa shape index (κ1) is 13.6. The van der Waals surface area contributed by atoms with Crippen molar-refractivity contribution in [3.8, 4) is 0 Å². The van der Waals surface area contributed by atoms with E-state index in [9.17, 15) is 10.2 Å². The zero-order chi connectivity index (χ0) is 12.1. The summed E-state index contributed by atoms with van der Waals surface area (Å²) in [7, 11) is 0. The van der Waals surface area contributed by atoms with E-state index in [4.69, 9.17) is 9.47 Å². The molecular weight excluding hydrogens is 208 g/mol. The largest absolute Gasteiger partial charge is 0.390 e. The van der Waals surface area contributed by atoms with Gasteiger partial charge < -0.3 is 19.7 Å². The Morgan fingerprint density at radius 1 is 1.50 bits per heavy atom. The number of rotatable bonds is 5. The van der Waals surface area contributed by atoms with E-state index in [1.165, 1.54) is 0 Å². The standard InChI is InChI=1S/C12H22O4/c1-4-5-6-8(2)15-12-11(14)7-10(13)9(3)16-12/h4,8-14H,1,5-7H2,2-3H3/t8-,9+,10-,11-,12-/m1/s1. The lowest BCUT2D eigenvalue weighted by atomic mass is 10.0. The van der Waals surface area contributed by atoms with Crippen LogP contribution in [0.25, 0.3) is 0 Å². The van der Waals surface area contributed by atoms with Gasteiger partial charge in [-0.1, -0.05) is 6.08 Å². The summed E-state index contributed by atoms with van der Waals surface area (Å²) in [4.78, 5) is 0. The first-order chi connectivity index (χ1) is 7.54. The molecule has 94 valence electrons. The Balaban J connectivity index is 2.38. The number of hydrogen-bond donors (Lipinski definition) is 2. The van der Waals surface area contributed by atoms with Gasteiger partial charge in [0.15, 0.2) is 6.29 Å². The van der Waals surface area contributed by atoms with Gasteiger partial charge in [-0.05, 0) is 26.7 Å². The molecule has 2 N–H and O–H groups in total. The lowest BCUT2D eigenvalue weighted by Gasteiger charge is -2.36. The first-order valence-corrected chi connectivity index (χ1v) is 5.82. The van der Waals surface area contributed by atoms with Gasteiger partial charge in [-0.15, -0.1) is 6.58 Å². The third-order valence-corrected chi connectivity index (χ3v) is 2.83. The Bertz CT molecular complexity index is 219. The summed E-state index contributed by atoms with van der Waals surface area (Å²) in [6.07, 6.45) is 1.61. The molecule has 4 nitrogen and oxygen atoms in total. The van der Waals surface area contributed by atoms with Crippen molar-refractivity contribution < 1.29 is 19.7 Å². The Morgan fingerprint density at radius 3 is 2.81 bits per heavy atom. The first-order valence-electron chi connectivity index (χ1n) is 5.82. The SMILES string of the molecule is C=CCC[C@@H](C)O[C@@H]1O[C@@H](C)[C@H](O)C[C@H]1O. The van der Waals surface area contributed by atoms with Crippen molar-refractivity contribution in [3.05, 3.63) is 12.7 Å². The van der Waals surface area contributed by atoms with Gasteiger partial charge in [0.1, 0.15) is 6.10 Å². The molecule has 0 aliphatic carbocycles. The third-order valence-electron chi connectivity index (χ3n) is 2.83. The van der Waals surface area contributed by atoms with Crippen molar-refractivity contribution in [2.75, 3.05) is 0 Å². The average Bonchev–Trinajstić information content (AvgIpc) is 2.23. The normalized spacial score (nSPS) is 37.0. The molecular formula is C12H22O4. The maximum absolute atomic E-state index is 9.70. The Kier molecular flexibility index (Phi) is 5.41. The molecule has 0 aromatic carbocycles. The van der Waals surface area contributed by atoms with Crippen LogP contribution in [0.4, 0.5) is 0 Å². The van der Waals surface area contributed by atoms with Gasteiger partial charge in [0.2, 0.25) is 0 Å².